The first-order chi connectivity index (χ1) is 9.40. The molecule has 0 saturated heterocycles. The van der Waals surface area contributed by atoms with Crippen LogP contribution in [0, 0.1) is 0 Å². The summed E-state index contributed by atoms with van der Waals surface area (Å²) in [5.41, 5.74) is 0.906. The van der Waals surface area contributed by atoms with Crippen LogP contribution in [0.2, 0.25) is 0 Å². The van der Waals surface area contributed by atoms with Gasteiger partial charge in [0.15, 0.2) is 0 Å². The van der Waals surface area contributed by atoms with Gasteiger partial charge in [0, 0.05) is 0 Å². The van der Waals surface area contributed by atoms with Crippen LogP contribution in [-0.2, 0) is 16.0 Å². The topological polar surface area (TPSA) is 58.6 Å². The molecule has 0 heterocycles. The minimum atomic E-state index is -4.46. The fraction of sp³-hybridized carbons (Fsp3) is 0.462. The third kappa shape index (κ3) is 7.10. The summed E-state index contributed by atoms with van der Waals surface area (Å²) in [7, 11) is 0. The van der Waals surface area contributed by atoms with E-state index in [1.807, 2.05) is 30.3 Å². The molecule has 0 aliphatic rings. The van der Waals surface area contributed by atoms with Gasteiger partial charge in [-0.3, -0.25) is 4.79 Å². The second-order valence-corrected chi connectivity index (χ2v) is 4.24. The molecule has 1 aromatic rings. The summed E-state index contributed by atoms with van der Waals surface area (Å²) in [6, 6.07) is 8.57. The van der Waals surface area contributed by atoms with Gasteiger partial charge in [-0.2, -0.15) is 13.2 Å². The molecule has 0 unspecified atom stereocenters. The summed E-state index contributed by atoms with van der Waals surface area (Å²) < 4.78 is 39.7. The summed E-state index contributed by atoms with van der Waals surface area (Å²) in [4.78, 5) is 11.4. The van der Waals surface area contributed by atoms with Crippen molar-refractivity contribution in [1.29, 1.82) is 0 Å². The average molecular weight is 291 g/mol. The standard InChI is InChI=1S/C13H16F3NO3/c14-13(15,16)9-20-8-12(19)17-11(7-18)6-10-4-2-1-3-5-10/h1-5,11,18H,6-9H2,(H,17,19)/t11-/m0/s1. The van der Waals surface area contributed by atoms with Gasteiger partial charge in [-0.05, 0) is 12.0 Å². The molecule has 20 heavy (non-hydrogen) atoms. The minimum absolute atomic E-state index is 0.306. The van der Waals surface area contributed by atoms with Crippen molar-refractivity contribution < 1.29 is 27.8 Å². The number of benzene rings is 1. The number of carbonyl (C=O) groups is 1. The lowest BCUT2D eigenvalue weighted by atomic mass is 10.1. The van der Waals surface area contributed by atoms with E-state index >= 15 is 0 Å². The van der Waals surface area contributed by atoms with Crippen molar-refractivity contribution in [2.75, 3.05) is 19.8 Å². The molecule has 0 aliphatic carbocycles. The van der Waals surface area contributed by atoms with Crippen molar-refractivity contribution in [3.8, 4) is 0 Å². The lowest BCUT2D eigenvalue weighted by Gasteiger charge is -2.16. The quantitative estimate of drug-likeness (QED) is 0.796. The van der Waals surface area contributed by atoms with Crippen molar-refractivity contribution in [2.45, 2.75) is 18.6 Å². The number of alkyl halides is 3. The Morgan fingerprint density at radius 3 is 2.50 bits per heavy atom. The Balaban J connectivity index is 2.34. The van der Waals surface area contributed by atoms with Gasteiger partial charge in [-0.1, -0.05) is 30.3 Å². The summed E-state index contributed by atoms with van der Waals surface area (Å²) in [5, 5.41) is 11.6. The molecule has 0 spiro atoms. The smallest absolute Gasteiger partial charge is 0.394 e. The van der Waals surface area contributed by atoms with Crippen molar-refractivity contribution in [2.24, 2.45) is 0 Å². The zero-order chi connectivity index (χ0) is 15.0. The van der Waals surface area contributed by atoms with Crippen LogP contribution in [0.4, 0.5) is 13.2 Å². The first-order valence-corrected chi connectivity index (χ1v) is 5.99. The second kappa shape index (κ2) is 7.86. The van der Waals surface area contributed by atoms with Gasteiger partial charge >= 0.3 is 6.18 Å². The number of hydrogen-bond donors (Lipinski definition) is 2. The molecule has 1 atom stereocenters. The molecule has 1 rings (SSSR count). The van der Waals surface area contributed by atoms with Crippen molar-refractivity contribution >= 4 is 5.91 Å². The third-order valence-electron chi connectivity index (χ3n) is 2.41. The number of rotatable bonds is 7. The van der Waals surface area contributed by atoms with Crippen LogP contribution in [0.25, 0.3) is 0 Å². The highest BCUT2D eigenvalue weighted by molar-refractivity contribution is 5.77. The lowest BCUT2D eigenvalue weighted by molar-refractivity contribution is -0.175. The van der Waals surface area contributed by atoms with Gasteiger partial charge in [0.25, 0.3) is 0 Å². The molecule has 2 N–H and O–H groups in total. The van der Waals surface area contributed by atoms with E-state index < -0.39 is 31.3 Å². The van der Waals surface area contributed by atoms with Crippen LogP contribution in [-0.4, -0.2) is 43.1 Å². The normalized spacial score (nSPS) is 13.0. The molecular weight excluding hydrogens is 275 g/mol. The Kier molecular flexibility index (Phi) is 6.47. The number of ether oxygens (including phenoxy) is 1. The number of carbonyl (C=O) groups excluding carboxylic acids is 1. The molecule has 7 heteroatoms. The highest BCUT2D eigenvalue weighted by Crippen LogP contribution is 2.14. The summed E-state index contributed by atoms with van der Waals surface area (Å²) in [5.74, 6) is -0.691. The van der Waals surface area contributed by atoms with E-state index in [4.69, 9.17) is 5.11 Å². The monoisotopic (exact) mass is 291 g/mol. The van der Waals surface area contributed by atoms with Crippen LogP contribution >= 0.6 is 0 Å². The van der Waals surface area contributed by atoms with Gasteiger partial charge < -0.3 is 15.2 Å². The fourth-order valence-corrected chi connectivity index (χ4v) is 1.59. The molecule has 0 aliphatic heterocycles. The molecule has 4 nitrogen and oxygen atoms in total. The van der Waals surface area contributed by atoms with E-state index in [1.165, 1.54) is 0 Å². The highest BCUT2D eigenvalue weighted by Gasteiger charge is 2.27. The molecular formula is C13H16F3NO3. The summed E-state index contributed by atoms with van der Waals surface area (Å²) >= 11 is 0. The van der Waals surface area contributed by atoms with E-state index in [-0.39, 0.29) is 6.61 Å². The van der Waals surface area contributed by atoms with Crippen molar-refractivity contribution in [1.82, 2.24) is 5.32 Å². The van der Waals surface area contributed by atoms with Gasteiger partial charge in [-0.15, -0.1) is 0 Å². The van der Waals surface area contributed by atoms with Gasteiger partial charge in [-0.25, -0.2) is 0 Å². The average Bonchev–Trinajstić information content (AvgIpc) is 2.37. The summed E-state index contributed by atoms with van der Waals surface area (Å²) in [6.07, 6.45) is -4.07. The number of aliphatic hydroxyl groups excluding tert-OH is 1. The molecule has 0 radical (unpaired) electrons. The zero-order valence-electron chi connectivity index (χ0n) is 10.7. The fourth-order valence-electron chi connectivity index (χ4n) is 1.59. The van der Waals surface area contributed by atoms with E-state index in [2.05, 4.69) is 10.1 Å². The molecule has 1 aromatic carbocycles. The van der Waals surface area contributed by atoms with Crippen LogP contribution in [0.3, 0.4) is 0 Å². The van der Waals surface area contributed by atoms with Crippen LogP contribution in [0.1, 0.15) is 5.56 Å². The Morgan fingerprint density at radius 1 is 1.30 bits per heavy atom. The van der Waals surface area contributed by atoms with Crippen molar-refractivity contribution in [3.63, 3.8) is 0 Å². The van der Waals surface area contributed by atoms with Crippen LogP contribution in [0.5, 0.6) is 0 Å². The van der Waals surface area contributed by atoms with E-state index in [0.29, 0.717) is 6.42 Å². The Labute approximate surface area is 114 Å². The minimum Gasteiger partial charge on any atom is -0.394 e. The lowest BCUT2D eigenvalue weighted by Crippen LogP contribution is -2.41. The predicted octanol–water partition coefficient (Wildman–Crippen LogP) is 1.29. The SMILES string of the molecule is O=C(COCC(F)(F)F)N[C@H](CO)Cc1ccccc1. The molecule has 0 fully saturated rings. The maximum atomic E-state index is 11.8. The Morgan fingerprint density at radius 2 is 1.95 bits per heavy atom. The van der Waals surface area contributed by atoms with Crippen LogP contribution < -0.4 is 5.32 Å². The van der Waals surface area contributed by atoms with E-state index in [1.54, 1.807) is 0 Å². The highest BCUT2D eigenvalue weighted by atomic mass is 19.4. The number of aliphatic hydroxyl groups is 1. The largest absolute Gasteiger partial charge is 0.411 e. The van der Waals surface area contributed by atoms with Gasteiger partial charge in [0.1, 0.15) is 13.2 Å². The van der Waals surface area contributed by atoms with Gasteiger partial charge in [0.05, 0.1) is 12.6 Å². The zero-order valence-corrected chi connectivity index (χ0v) is 10.7. The maximum Gasteiger partial charge on any atom is 0.411 e. The first kappa shape index (κ1) is 16.5. The van der Waals surface area contributed by atoms with Crippen LogP contribution in [0.15, 0.2) is 30.3 Å². The van der Waals surface area contributed by atoms with Crippen molar-refractivity contribution in [3.05, 3.63) is 35.9 Å². The second-order valence-electron chi connectivity index (χ2n) is 4.24. The molecule has 1 amide bonds. The van der Waals surface area contributed by atoms with Gasteiger partial charge in [0.2, 0.25) is 5.91 Å². The maximum absolute atomic E-state index is 11.8. The molecule has 112 valence electrons. The Hall–Kier alpha value is -1.60. The third-order valence-corrected chi connectivity index (χ3v) is 2.41. The van der Waals surface area contributed by atoms with E-state index in [9.17, 15) is 18.0 Å². The number of amides is 1. The Bertz CT molecular complexity index is 409. The predicted molar refractivity (Wildman–Crippen MR) is 66.0 cm³/mol. The first-order valence-electron chi connectivity index (χ1n) is 5.99. The molecule has 0 bridgehead atoms. The summed E-state index contributed by atoms with van der Waals surface area (Å²) in [6.45, 7) is -2.46. The molecule has 0 aromatic heterocycles. The van der Waals surface area contributed by atoms with E-state index in [0.717, 1.165) is 5.56 Å². The molecule has 0 saturated carbocycles. The number of hydrogen-bond acceptors (Lipinski definition) is 3. The number of nitrogens with one attached hydrogen (secondary N) is 1. The number of halogens is 3.